The Kier molecular flexibility index (Phi) is 4.08. The highest BCUT2D eigenvalue weighted by Crippen LogP contribution is 2.38. The molecule has 1 fully saturated rings. The summed E-state index contributed by atoms with van der Waals surface area (Å²) >= 11 is 6.54. The average molecular weight is 322 g/mol. The first-order valence-electron chi connectivity index (χ1n) is 7.96. The number of amides is 1. The number of carbonyl (C=O) groups is 1. The Balaban J connectivity index is 1.95. The summed E-state index contributed by atoms with van der Waals surface area (Å²) in [4.78, 5) is 18.4. The molecule has 22 heavy (non-hydrogen) atoms. The van der Waals surface area contributed by atoms with E-state index in [0.29, 0.717) is 12.1 Å². The normalized spacial score (nSPS) is 25.5. The number of piperazine rings is 1. The van der Waals surface area contributed by atoms with Gasteiger partial charge in [0.15, 0.2) is 0 Å². The molecule has 0 N–H and O–H groups in total. The van der Waals surface area contributed by atoms with Gasteiger partial charge in [0.2, 0.25) is 5.91 Å². The summed E-state index contributed by atoms with van der Waals surface area (Å²) in [5.41, 5.74) is 3.27. The first-order valence-corrected chi connectivity index (χ1v) is 8.33. The van der Waals surface area contributed by atoms with Gasteiger partial charge in [0, 0.05) is 44.3 Å². The van der Waals surface area contributed by atoms with E-state index in [1.54, 1.807) is 6.92 Å². The van der Waals surface area contributed by atoms with Crippen LogP contribution < -0.4 is 9.80 Å². The fraction of sp³-hybridized carbons (Fsp3) is 0.588. The van der Waals surface area contributed by atoms with E-state index in [1.807, 2.05) is 11.0 Å². The van der Waals surface area contributed by atoms with Gasteiger partial charge in [-0.1, -0.05) is 11.6 Å². The van der Waals surface area contributed by atoms with Crippen molar-refractivity contribution < 1.29 is 4.79 Å². The first-order chi connectivity index (χ1) is 10.4. The molecule has 2 atom stereocenters. The van der Waals surface area contributed by atoms with Crippen LogP contribution in [0, 0.1) is 0 Å². The van der Waals surface area contributed by atoms with Gasteiger partial charge >= 0.3 is 0 Å². The molecule has 0 bridgehead atoms. The topological polar surface area (TPSA) is 26.8 Å². The summed E-state index contributed by atoms with van der Waals surface area (Å²) in [5.74, 6) is 0.104. The summed E-state index contributed by atoms with van der Waals surface area (Å²) in [7, 11) is 2.18. The fourth-order valence-corrected chi connectivity index (χ4v) is 3.87. The lowest BCUT2D eigenvalue weighted by Crippen LogP contribution is -2.55. The van der Waals surface area contributed by atoms with Gasteiger partial charge in [0.25, 0.3) is 0 Å². The van der Waals surface area contributed by atoms with Gasteiger partial charge in [-0.15, -0.1) is 0 Å². The Hall–Kier alpha value is -1.26. The summed E-state index contributed by atoms with van der Waals surface area (Å²) in [5, 5.41) is 0.799. The molecule has 0 unspecified atom stereocenters. The summed E-state index contributed by atoms with van der Waals surface area (Å²) in [6.07, 6.45) is 0.893. The van der Waals surface area contributed by atoms with Crippen LogP contribution in [0.4, 0.5) is 11.4 Å². The number of rotatable bonds is 1. The molecular weight excluding hydrogens is 298 g/mol. The maximum absolute atomic E-state index is 11.8. The number of anilines is 2. The molecule has 1 amide bonds. The molecular formula is C17H24ClN3O. The van der Waals surface area contributed by atoms with Crippen LogP contribution in [0.2, 0.25) is 5.02 Å². The Labute approximate surface area is 137 Å². The Bertz CT molecular complexity index is 592. The van der Waals surface area contributed by atoms with Gasteiger partial charge in [-0.05, 0) is 45.0 Å². The minimum Gasteiger partial charge on any atom is -0.367 e. The molecule has 3 rings (SSSR count). The van der Waals surface area contributed by atoms with E-state index in [0.717, 1.165) is 42.5 Å². The zero-order chi connectivity index (χ0) is 16.0. The van der Waals surface area contributed by atoms with Gasteiger partial charge in [-0.2, -0.15) is 0 Å². The van der Waals surface area contributed by atoms with Crippen LogP contribution in [-0.2, 0) is 11.2 Å². The van der Waals surface area contributed by atoms with Gasteiger partial charge in [-0.3, -0.25) is 9.69 Å². The lowest BCUT2D eigenvalue weighted by atomic mass is 10.1. The summed E-state index contributed by atoms with van der Waals surface area (Å²) in [6, 6.07) is 5.12. The second-order valence-corrected chi connectivity index (χ2v) is 7.03. The molecule has 1 saturated heterocycles. The fourth-order valence-electron chi connectivity index (χ4n) is 3.57. The number of likely N-dealkylation sites (N-methyl/N-ethyl adjacent to an activating group) is 1. The second-order valence-electron chi connectivity index (χ2n) is 6.62. The number of hydrogen-bond acceptors (Lipinski definition) is 3. The van der Waals surface area contributed by atoms with E-state index in [-0.39, 0.29) is 5.91 Å². The zero-order valence-electron chi connectivity index (χ0n) is 13.8. The third-order valence-electron chi connectivity index (χ3n) is 5.12. The number of nitrogens with zero attached hydrogens (tertiary/aromatic N) is 3. The van der Waals surface area contributed by atoms with Crippen molar-refractivity contribution >= 4 is 28.9 Å². The number of carbonyl (C=O) groups excluding carboxylic acids is 1. The largest absolute Gasteiger partial charge is 0.367 e. The number of fused-ring (bicyclic) bond motifs is 1. The van der Waals surface area contributed by atoms with Crippen molar-refractivity contribution in [3.05, 3.63) is 22.7 Å². The third-order valence-corrected chi connectivity index (χ3v) is 5.43. The Morgan fingerprint density at radius 1 is 1.18 bits per heavy atom. The molecule has 5 heteroatoms. The van der Waals surface area contributed by atoms with E-state index >= 15 is 0 Å². The standard InChI is InChI=1S/C17H24ClN3O/c1-11-9-20(10-12(2)19(11)4)17-8-16-14(7-15(17)18)5-6-21(16)13(3)22/h7-8,11-12H,5-6,9-10H2,1-4H3/t11-,12+. The molecule has 1 aromatic carbocycles. The monoisotopic (exact) mass is 321 g/mol. The lowest BCUT2D eigenvalue weighted by Gasteiger charge is -2.44. The van der Waals surface area contributed by atoms with Crippen LogP contribution in [0.3, 0.4) is 0 Å². The van der Waals surface area contributed by atoms with Crippen molar-refractivity contribution in [2.75, 3.05) is 36.5 Å². The SMILES string of the molecule is CC(=O)N1CCc2cc(Cl)c(N3C[C@@H](C)N(C)[C@@H](C)C3)cc21. The van der Waals surface area contributed by atoms with E-state index in [4.69, 9.17) is 11.6 Å². The van der Waals surface area contributed by atoms with Crippen LogP contribution in [0.1, 0.15) is 26.3 Å². The molecule has 0 aromatic heterocycles. The van der Waals surface area contributed by atoms with Crippen LogP contribution in [0.25, 0.3) is 0 Å². The average Bonchev–Trinajstić information content (AvgIpc) is 2.86. The van der Waals surface area contributed by atoms with Crippen molar-refractivity contribution in [2.24, 2.45) is 0 Å². The molecule has 2 heterocycles. The van der Waals surface area contributed by atoms with Crippen molar-refractivity contribution in [1.82, 2.24) is 4.90 Å². The predicted molar refractivity (Wildman–Crippen MR) is 92.1 cm³/mol. The van der Waals surface area contributed by atoms with E-state index < -0.39 is 0 Å². The number of halogens is 1. The van der Waals surface area contributed by atoms with Crippen molar-refractivity contribution in [2.45, 2.75) is 39.3 Å². The van der Waals surface area contributed by atoms with Gasteiger partial charge < -0.3 is 9.80 Å². The van der Waals surface area contributed by atoms with Gasteiger partial charge in [-0.25, -0.2) is 0 Å². The molecule has 0 aliphatic carbocycles. The number of hydrogen-bond donors (Lipinski definition) is 0. The summed E-state index contributed by atoms with van der Waals surface area (Å²) < 4.78 is 0. The van der Waals surface area contributed by atoms with Crippen molar-refractivity contribution in [3.63, 3.8) is 0 Å². The maximum Gasteiger partial charge on any atom is 0.223 e. The predicted octanol–water partition coefficient (Wildman–Crippen LogP) is 2.78. The Morgan fingerprint density at radius 2 is 1.82 bits per heavy atom. The van der Waals surface area contributed by atoms with Gasteiger partial charge in [0.1, 0.15) is 0 Å². The molecule has 0 spiro atoms. The lowest BCUT2D eigenvalue weighted by molar-refractivity contribution is -0.116. The molecule has 0 radical (unpaired) electrons. The highest BCUT2D eigenvalue weighted by Gasteiger charge is 2.30. The molecule has 1 aromatic rings. The van der Waals surface area contributed by atoms with Gasteiger partial charge in [0.05, 0.1) is 10.7 Å². The molecule has 0 saturated carbocycles. The highest BCUT2D eigenvalue weighted by molar-refractivity contribution is 6.33. The van der Waals surface area contributed by atoms with Crippen molar-refractivity contribution in [3.8, 4) is 0 Å². The highest BCUT2D eigenvalue weighted by atomic mass is 35.5. The van der Waals surface area contributed by atoms with Crippen LogP contribution >= 0.6 is 11.6 Å². The zero-order valence-corrected chi connectivity index (χ0v) is 14.5. The maximum atomic E-state index is 11.8. The Morgan fingerprint density at radius 3 is 2.41 bits per heavy atom. The minimum atomic E-state index is 0.104. The van der Waals surface area contributed by atoms with E-state index in [9.17, 15) is 4.79 Å². The molecule has 2 aliphatic rings. The first kappa shape index (κ1) is 15.6. The van der Waals surface area contributed by atoms with Crippen molar-refractivity contribution in [1.29, 1.82) is 0 Å². The van der Waals surface area contributed by atoms with Crippen LogP contribution in [-0.4, -0.2) is 49.6 Å². The quantitative estimate of drug-likeness (QED) is 0.796. The van der Waals surface area contributed by atoms with E-state index in [1.165, 1.54) is 5.56 Å². The summed E-state index contributed by atoms with van der Waals surface area (Å²) in [6.45, 7) is 8.79. The minimum absolute atomic E-state index is 0.104. The molecule has 120 valence electrons. The van der Waals surface area contributed by atoms with Crippen LogP contribution in [0.15, 0.2) is 12.1 Å². The molecule has 4 nitrogen and oxygen atoms in total. The van der Waals surface area contributed by atoms with Crippen LogP contribution in [0.5, 0.6) is 0 Å². The second kappa shape index (κ2) is 5.74. The molecule has 2 aliphatic heterocycles. The third kappa shape index (κ3) is 2.59. The number of benzene rings is 1. The van der Waals surface area contributed by atoms with E-state index in [2.05, 4.69) is 36.8 Å². The smallest absolute Gasteiger partial charge is 0.223 e.